The number of allylic oxidation sites excluding steroid dienone is 1. The molecular weight excluding hydrogens is 228 g/mol. The summed E-state index contributed by atoms with van der Waals surface area (Å²) < 4.78 is 10.9. The first-order valence-corrected chi connectivity index (χ1v) is 6.42. The van der Waals surface area contributed by atoms with Gasteiger partial charge in [-0.1, -0.05) is 13.5 Å². The van der Waals surface area contributed by atoms with E-state index in [0.29, 0.717) is 5.57 Å². The van der Waals surface area contributed by atoms with E-state index in [0.717, 1.165) is 18.4 Å². The summed E-state index contributed by atoms with van der Waals surface area (Å²) in [6, 6.07) is 0. The molecule has 0 N–H and O–H groups in total. The maximum absolute atomic E-state index is 11.7. The average Bonchev–Trinajstić information content (AvgIpc) is 2.51. The van der Waals surface area contributed by atoms with Crippen LogP contribution in [0.2, 0.25) is 0 Å². The van der Waals surface area contributed by atoms with Crippen LogP contribution in [0.1, 0.15) is 26.7 Å². The zero-order chi connectivity index (χ0) is 12.9. The second-order valence-corrected chi connectivity index (χ2v) is 5.82. The lowest BCUT2D eigenvalue weighted by atomic mass is 9.60. The fourth-order valence-corrected chi connectivity index (χ4v) is 3.65. The maximum Gasteiger partial charge on any atom is 0.334 e. The molecule has 0 unspecified atom stereocenters. The van der Waals surface area contributed by atoms with Gasteiger partial charge in [0, 0.05) is 17.4 Å². The van der Waals surface area contributed by atoms with Gasteiger partial charge in [0.25, 0.3) is 0 Å². The normalized spacial score (nSPS) is 42.3. The smallest absolute Gasteiger partial charge is 0.334 e. The predicted molar refractivity (Wildman–Crippen MR) is 67.3 cm³/mol. The second kappa shape index (κ2) is 3.74. The fourth-order valence-electron chi connectivity index (χ4n) is 3.65. The molecule has 0 amide bonds. The Labute approximate surface area is 107 Å². The van der Waals surface area contributed by atoms with Crippen molar-refractivity contribution in [1.82, 2.24) is 0 Å². The van der Waals surface area contributed by atoms with E-state index in [2.05, 4.69) is 19.6 Å². The molecule has 3 rings (SSSR count). The Hall–Kier alpha value is -1.51. The van der Waals surface area contributed by atoms with Crippen molar-refractivity contribution >= 4 is 5.97 Å². The summed E-state index contributed by atoms with van der Waals surface area (Å²) in [5.41, 5.74) is 1.78. The molecule has 0 radical (unpaired) electrons. The Balaban J connectivity index is 2.04. The summed E-state index contributed by atoms with van der Waals surface area (Å²) in [7, 11) is 0. The van der Waals surface area contributed by atoms with Crippen LogP contribution in [-0.4, -0.2) is 12.1 Å². The van der Waals surface area contributed by atoms with Crippen molar-refractivity contribution in [2.24, 2.45) is 17.3 Å². The molecule has 2 fully saturated rings. The van der Waals surface area contributed by atoms with Crippen molar-refractivity contribution in [3.8, 4) is 0 Å². The highest BCUT2D eigenvalue weighted by molar-refractivity contribution is 5.91. The van der Waals surface area contributed by atoms with Crippen molar-refractivity contribution < 1.29 is 14.3 Å². The van der Waals surface area contributed by atoms with Crippen molar-refractivity contribution in [3.05, 3.63) is 36.3 Å². The van der Waals surface area contributed by atoms with Crippen LogP contribution in [0.5, 0.6) is 0 Å². The van der Waals surface area contributed by atoms with Crippen LogP contribution in [0.3, 0.4) is 0 Å². The molecule has 0 aromatic rings. The molecule has 2 aliphatic heterocycles. The summed E-state index contributed by atoms with van der Waals surface area (Å²) >= 11 is 0. The molecule has 18 heavy (non-hydrogen) atoms. The number of ether oxygens (including phenoxy) is 2. The Morgan fingerprint density at radius 3 is 3.06 bits per heavy atom. The minimum absolute atomic E-state index is 0.00313. The van der Waals surface area contributed by atoms with Crippen molar-refractivity contribution in [3.63, 3.8) is 0 Å². The molecule has 3 aliphatic rings. The zero-order valence-electron chi connectivity index (χ0n) is 10.8. The van der Waals surface area contributed by atoms with Crippen LogP contribution in [0.4, 0.5) is 0 Å². The topological polar surface area (TPSA) is 35.5 Å². The molecular formula is C15H18O3. The third-order valence-corrected chi connectivity index (χ3v) is 4.65. The third-order valence-electron chi connectivity index (χ3n) is 4.65. The largest absolute Gasteiger partial charge is 0.473 e. The lowest BCUT2D eigenvalue weighted by Crippen LogP contribution is -2.43. The highest BCUT2D eigenvalue weighted by Crippen LogP contribution is 2.53. The lowest BCUT2D eigenvalue weighted by Gasteiger charge is -2.44. The lowest BCUT2D eigenvalue weighted by molar-refractivity contribution is -0.143. The molecule has 0 bridgehead atoms. The van der Waals surface area contributed by atoms with E-state index in [1.807, 2.05) is 6.92 Å². The Morgan fingerprint density at radius 2 is 2.28 bits per heavy atom. The number of esters is 1. The van der Waals surface area contributed by atoms with E-state index in [4.69, 9.17) is 9.47 Å². The number of hydrogen-bond donors (Lipinski definition) is 0. The first-order chi connectivity index (χ1) is 8.53. The molecule has 0 aromatic heterocycles. The maximum atomic E-state index is 11.7. The highest BCUT2D eigenvalue weighted by atomic mass is 16.6. The molecule has 3 heteroatoms. The van der Waals surface area contributed by atoms with Gasteiger partial charge in [0.2, 0.25) is 0 Å². The van der Waals surface area contributed by atoms with Gasteiger partial charge in [-0.25, -0.2) is 4.79 Å². The summed E-state index contributed by atoms with van der Waals surface area (Å²) in [5.74, 6) is 0.139. The average molecular weight is 246 g/mol. The van der Waals surface area contributed by atoms with E-state index in [9.17, 15) is 4.79 Å². The van der Waals surface area contributed by atoms with E-state index < -0.39 is 0 Å². The fraction of sp³-hybridized carbons (Fsp3) is 0.533. The Bertz CT molecular complexity index is 474. The first-order valence-electron chi connectivity index (χ1n) is 6.42. The van der Waals surface area contributed by atoms with E-state index >= 15 is 0 Å². The predicted octanol–water partition coefficient (Wildman–Crippen LogP) is 2.95. The van der Waals surface area contributed by atoms with E-state index in [1.165, 1.54) is 0 Å². The molecule has 96 valence electrons. The molecule has 1 aliphatic carbocycles. The van der Waals surface area contributed by atoms with Crippen LogP contribution in [0.15, 0.2) is 36.3 Å². The van der Waals surface area contributed by atoms with Gasteiger partial charge in [-0.05, 0) is 36.8 Å². The van der Waals surface area contributed by atoms with Crippen LogP contribution < -0.4 is 0 Å². The zero-order valence-corrected chi connectivity index (χ0v) is 10.8. The number of hydrogen-bond acceptors (Lipinski definition) is 3. The molecule has 2 heterocycles. The minimum Gasteiger partial charge on any atom is -0.473 e. The standard InChI is InChI=1S/C15H18O3/c1-9-8-17-7-6-15(3)5-4-11-10(2)14(16)18-13(11)12(9)15/h6-8,11-13H,2,4-5H2,1,3H3/t11-,12-,13-,15+/m0/s1. The SMILES string of the molecule is C=C1C(=O)O[C@H]2[C@H]1CC[C@]1(C)C=COC=C(C)[C@@H]21. The minimum atomic E-state index is -0.226. The van der Waals surface area contributed by atoms with Crippen LogP contribution in [0.25, 0.3) is 0 Å². The van der Waals surface area contributed by atoms with E-state index in [-0.39, 0.29) is 29.3 Å². The number of carbonyl (C=O) groups excluding carboxylic acids is 1. The van der Waals surface area contributed by atoms with Gasteiger partial charge in [-0.2, -0.15) is 0 Å². The van der Waals surface area contributed by atoms with Crippen LogP contribution in [0, 0.1) is 17.3 Å². The van der Waals surface area contributed by atoms with Gasteiger partial charge in [-0.3, -0.25) is 0 Å². The van der Waals surface area contributed by atoms with Crippen LogP contribution >= 0.6 is 0 Å². The third kappa shape index (κ3) is 1.46. The number of fused-ring (bicyclic) bond motifs is 3. The van der Waals surface area contributed by atoms with Gasteiger partial charge in [0.05, 0.1) is 12.5 Å². The summed E-state index contributed by atoms with van der Waals surface area (Å²) in [5, 5.41) is 0. The summed E-state index contributed by atoms with van der Waals surface area (Å²) in [6.07, 6.45) is 7.53. The molecule has 3 nitrogen and oxygen atoms in total. The second-order valence-electron chi connectivity index (χ2n) is 5.82. The van der Waals surface area contributed by atoms with Gasteiger partial charge in [-0.15, -0.1) is 0 Å². The molecule has 0 spiro atoms. The molecule has 1 saturated carbocycles. The summed E-state index contributed by atoms with van der Waals surface area (Å²) in [6.45, 7) is 8.15. The van der Waals surface area contributed by atoms with Crippen LogP contribution in [-0.2, 0) is 14.3 Å². The van der Waals surface area contributed by atoms with Crippen molar-refractivity contribution in [2.45, 2.75) is 32.8 Å². The van der Waals surface area contributed by atoms with Crippen molar-refractivity contribution in [2.75, 3.05) is 0 Å². The number of rotatable bonds is 0. The van der Waals surface area contributed by atoms with Gasteiger partial charge in [0.15, 0.2) is 0 Å². The summed E-state index contributed by atoms with van der Waals surface area (Å²) in [4.78, 5) is 11.7. The first kappa shape index (κ1) is 11.6. The number of carbonyl (C=O) groups is 1. The Kier molecular flexibility index (Phi) is 2.40. The monoisotopic (exact) mass is 246 g/mol. The Morgan fingerprint density at radius 1 is 1.50 bits per heavy atom. The quantitative estimate of drug-likeness (QED) is 0.487. The molecule has 4 atom stereocenters. The van der Waals surface area contributed by atoms with Gasteiger partial charge < -0.3 is 9.47 Å². The van der Waals surface area contributed by atoms with Gasteiger partial charge in [0.1, 0.15) is 6.10 Å². The van der Waals surface area contributed by atoms with Gasteiger partial charge >= 0.3 is 5.97 Å². The molecule has 1 saturated heterocycles. The molecule has 0 aromatic carbocycles. The van der Waals surface area contributed by atoms with Crippen molar-refractivity contribution in [1.29, 1.82) is 0 Å². The van der Waals surface area contributed by atoms with E-state index in [1.54, 1.807) is 12.5 Å². The highest BCUT2D eigenvalue weighted by Gasteiger charge is 2.53.